The van der Waals surface area contributed by atoms with E-state index in [0.717, 1.165) is 37.9 Å². The number of hydrogen-bond acceptors (Lipinski definition) is 8. The summed E-state index contributed by atoms with van der Waals surface area (Å²) in [6.45, 7) is 4.44. The van der Waals surface area contributed by atoms with Crippen molar-refractivity contribution in [1.82, 2.24) is 20.2 Å². The lowest BCUT2D eigenvalue weighted by atomic mass is 9.94. The van der Waals surface area contributed by atoms with Gasteiger partial charge in [-0.3, -0.25) is 4.90 Å². The third kappa shape index (κ3) is 4.47. The van der Waals surface area contributed by atoms with Gasteiger partial charge in [0.1, 0.15) is 42.3 Å². The van der Waals surface area contributed by atoms with E-state index in [-0.39, 0.29) is 80.9 Å². The first-order chi connectivity index (χ1) is 22.2. The first kappa shape index (κ1) is 29.8. The van der Waals surface area contributed by atoms with E-state index in [0.29, 0.717) is 26.1 Å². The first-order valence-corrected chi connectivity index (χ1v) is 16.1. The van der Waals surface area contributed by atoms with Crippen LogP contribution in [0.3, 0.4) is 0 Å². The number of nitrogens with zero attached hydrogens (tertiary/aromatic N) is 4. The standard InChI is InChI=1S/C33H32ClF4N5O3/c1-2-21-22-14-45-30-25-29(27(37)24(28(30)38)19-11-18(44)10-16-4-5-20(36)26(34)23(16)19)40-32(41-31(25)43(22)9-7-39-21)46-15-33-6-3-8-42(33)13-17(35)12-33/h4-5,10-11,17,21-22,39,44H,2-3,6-9,12-15H2,1H3/t17-,21+,22-,33+/m1/s1. The highest BCUT2D eigenvalue weighted by Gasteiger charge is 2.49. The molecule has 0 amide bonds. The number of rotatable bonds is 5. The fraction of sp³-hybridized carbons (Fsp3) is 0.455. The van der Waals surface area contributed by atoms with Crippen molar-refractivity contribution < 1.29 is 32.1 Å². The molecule has 0 spiro atoms. The number of aromatic nitrogens is 2. The van der Waals surface area contributed by atoms with Crippen molar-refractivity contribution in [1.29, 1.82) is 0 Å². The fourth-order valence-electron chi connectivity index (χ4n) is 8.05. The lowest BCUT2D eigenvalue weighted by Gasteiger charge is -2.41. The molecule has 0 aliphatic carbocycles. The number of ether oxygens (including phenoxy) is 2. The molecular weight excluding hydrogens is 626 g/mol. The largest absolute Gasteiger partial charge is 0.508 e. The molecule has 4 aliphatic heterocycles. The molecule has 3 saturated heterocycles. The van der Waals surface area contributed by atoms with Crippen LogP contribution in [0.25, 0.3) is 32.8 Å². The Balaban J connectivity index is 1.35. The minimum Gasteiger partial charge on any atom is -0.508 e. The quantitative estimate of drug-likeness (QED) is 0.248. The number of phenols is 1. The minimum atomic E-state index is -1.06. The maximum Gasteiger partial charge on any atom is 0.319 e. The third-order valence-corrected chi connectivity index (χ3v) is 10.5. The molecule has 4 atom stereocenters. The Hall–Kier alpha value is -3.61. The lowest BCUT2D eigenvalue weighted by Crippen LogP contribution is -2.60. The maximum atomic E-state index is 17.0. The average Bonchev–Trinajstić information content (AvgIpc) is 3.50. The fourth-order valence-corrected chi connectivity index (χ4v) is 8.32. The van der Waals surface area contributed by atoms with Crippen LogP contribution in [0.15, 0.2) is 24.3 Å². The molecule has 3 aromatic carbocycles. The van der Waals surface area contributed by atoms with Gasteiger partial charge in [-0.1, -0.05) is 24.6 Å². The minimum absolute atomic E-state index is 0.0208. The molecule has 8 rings (SSSR count). The Labute approximate surface area is 267 Å². The Morgan fingerprint density at radius 3 is 2.83 bits per heavy atom. The molecule has 46 heavy (non-hydrogen) atoms. The van der Waals surface area contributed by atoms with Gasteiger partial charge in [0.2, 0.25) is 0 Å². The Bertz CT molecular complexity index is 1900. The molecule has 3 fully saturated rings. The molecule has 2 N–H and O–H groups in total. The van der Waals surface area contributed by atoms with Gasteiger partial charge in [0.05, 0.1) is 27.6 Å². The van der Waals surface area contributed by atoms with Gasteiger partial charge in [-0.25, -0.2) is 17.6 Å². The SMILES string of the molecule is CC[C@@H]1NCCN2c3nc(OC[C@@]45CCCN4C[C@H](F)C5)nc4c(F)c(-c5cc(O)cc6ccc(F)c(Cl)c56)c(F)c(c34)OC[C@H]12. The van der Waals surface area contributed by atoms with E-state index in [4.69, 9.17) is 26.1 Å². The molecule has 8 nitrogen and oxygen atoms in total. The van der Waals surface area contributed by atoms with E-state index in [2.05, 4.69) is 15.2 Å². The van der Waals surface area contributed by atoms with Gasteiger partial charge in [-0.15, -0.1) is 0 Å². The lowest BCUT2D eigenvalue weighted by molar-refractivity contribution is 0.107. The molecule has 0 radical (unpaired) electrons. The molecule has 0 saturated carbocycles. The summed E-state index contributed by atoms with van der Waals surface area (Å²) in [6.07, 6.45) is 1.79. The Morgan fingerprint density at radius 1 is 1.15 bits per heavy atom. The number of anilines is 1. The normalized spacial score (nSPS) is 25.9. The zero-order chi connectivity index (χ0) is 31.9. The van der Waals surface area contributed by atoms with E-state index in [1.54, 1.807) is 0 Å². The van der Waals surface area contributed by atoms with Crippen molar-refractivity contribution in [3.05, 3.63) is 46.7 Å². The number of benzene rings is 3. The third-order valence-electron chi connectivity index (χ3n) is 10.2. The smallest absolute Gasteiger partial charge is 0.319 e. The van der Waals surface area contributed by atoms with Crippen LogP contribution in [0.2, 0.25) is 5.02 Å². The molecular formula is C33H32ClF4N5O3. The predicted molar refractivity (Wildman–Crippen MR) is 166 cm³/mol. The summed E-state index contributed by atoms with van der Waals surface area (Å²) in [5.74, 6) is -3.15. The average molecular weight is 658 g/mol. The molecule has 0 bridgehead atoms. The molecule has 4 aromatic rings. The molecule has 5 heterocycles. The number of fused-ring (bicyclic) bond motifs is 4. The van der Waals surface area contributed by atoms with E-state index < -0.39 is 34.7 Å². The summed E-state index contributed by atoms with van der Waals surface area (Å²) in [7, 11) is 0. The highest BCUT2D eigenvalue weighted by atomic mass is 35.5. The van der Waals surface area contributed by atoms with Crippen LogP contribution >= 0.6 is 11.6 Å². The van der Waals surface area contributed by atoms with Crippen molar-refractivity contribution in [2.45, 2.75) is 56.4 Å². The van der Waals surface area contributed by atoms with E-state index >= 15 is 8.78 Å². The van der Waals surface area contributed by atoms with Gasteiger partial charge >= 0.3 is 6.01 Å². The summed E-state index contributed by atoms with van der Waals surface area (Å²) in [5.41, 5.74) is -1.49. The number of aromatic hydroxyl groups is 1. The second-order valence-electron chi connectivity index (χ2n) is 12.7. The number of halogens is 5. The van der Waals surface area contributed by atoms with Crippen LogP contribution < -0.4 is 19.7 Å². The van der Waals surface area contributed by atoms with Crippen LogP contribution in [-0.2, 0) is 0 Å². The van der Waals surface area contributed by atoms with Gasteiger partial charge in [-0.05, 0) is 49.4 Å². The van der Waals surface area contributed by atoms with Gasteiger partial charge in [0, 0.05) is 43.0 Å². The monoisotopic (exact) mass is 657 g/mol. The number of nitrogens with one attached hydrogen (secondary N) is 1. The predicted octanol–water partition coefficient (Wildman–Crippen LogP) is 6.13. The van der Waals surface area contributed by atoms with Crippen molar-refractivity contribution in [2.24, 2.45) is 0 Å². The summed E-state index contributed by atoms with van der Waals surface area (Å²) in [5, 5.41) is 14.1. The summed E-state index contributed by atoms with van der Waals surface area (Å²) in [4.78, 5) is 13.3. The number of alkyl halides is 1. The van der Waals surface area contributed by atoms with Crippen molar-refractivity contribution in [3.8, 4) is 28.6 Å². The molecule has 242 valence electrons. The van der Waals surface area contributed by atoms with E-state index in [9.17, 15) is 13.9 Å². The second kappa shape index (κ2) is 11.0. The van der Waals surface area contributed by atoms with E-state index in [1.807, 2.05) is 11.8 Å². The number of hydrogen-bond donors (Lipinski definition) is 2. The maximum absolute atomic E-state index is 17.0. The molecule has 4 aliphatic rings. The Kier molecular flexibility index (Phi) is 7.11. The van der Waals surface area contributed by atoms with Crippen LogP contribution in [0.4, 0.5) is 23.4 Å². The van der Waals surface area contributed by atoms with Crippen LogP contribution in [-0.4, -0.2) is 83.2 Å². The van der Waals surface area contributed by atoms with Crippen molar-refractivity contribution >= 4 is 39.1 Å². The highest BCUT2D eigenvalue weighted by molar-refractivity contribution is 6.37. The van der Waals surface area contributed by atoms with E-state index in [1.165, 1.54) is 12.1 Å². The highest BCUT2D eigenvalue weighted by Crippen LogP contribution is 2.48. The topological polar surface area (TPSA) is 83.0 Å². The number of piperazine rings is 1. The van der Waals surface area contributed by atoms with Crippen molar-refractivity contribution in [2.75, 3.05) is 44.3 Å². The number of phenolic OH excluding ortho intramolecular Hbond substituents is 1. The summed E-state index contributed by atoms with van der Waals surface area (Å²) >= 11 is 6.37. The van der Waals surface area contributed by atoms with Crippen LogP contribution in [0, 0.1) is 17.5 Å². The molecule has 0 unspecified atom stereocenters. The van der Waals surface area contributed by atoms with Crippen LogP contribution in [0.1, 0.15) is 32.6 Å². The van der Waals surface area contributed by atoms with Crippen LogP contribution in [0.5, 0.6) is 17.5 Å². The molecule has 1 aromatic heterocycles. The zero-order valence-electron chi connectivity index (χ0n) is 25.1. The molecule has 13 heteroatoms. The first-order valence-electron chi connectivity index (χ1n) is 15.7. The van der Waals surface area contributed by atoms with Crippen molar-refractivity contribution in [3.63, 3.8) is 0 Å². The zero-order valence-corrected chi connectivity index (χ0v) is 25.8. The van der Waals surface area contributed by atoms with Gasteiger partial charge in [0.15, 0.2) is 17.4 Å². The van der Waals surface area contributed by atoms with Gasteiger partial charge in [0.25, 0.3) is 0 Å². The Morgan fingerprint density at radius 2 is 2.00 bits per heavy atom. The second-order valence-corrected chi connectivity index (χ2v) is 13.1. The summed E-state index contributed by atoms with van der Waals surface area (Å²) < 4.78 is 75.3. The van der Waals surface area contributed by atoms with Gasteiger partial charge in [-0.2, -0.15) is 9.97 Å². The van der Waals surface area contributed by atoms with Gasteiger partial charge < -0.3 is 24.8 Å². The summed E-state index contributed by atoms with van der Waals surface area (Å²) in [6, 6.07) is 4.57.